The van der Waals surface area contributed by atoms with Gasteiger partial charge in [-0.25, -0.2) is 0 Å². The van der Waals surface area contributed by atoms with E-state index in [1.807, 2.05) is 18.2 Å². The van der Waals surface area contributed by atoms with E-state index in [1.165, 1.54) is 4.88 Å². The topological polar surface area (TPSA) is 50.9 Å². The van der Waals surface area contributed by atoms with Crippen molar-refractivity contribution in [2.24, 2.45) is 0 Å². The van der Waals surface area contributed by atoms with Crippen molar-refractivity contribution in [3.63, 3.8) is 0 Å². The molecule has 3 nitrogen and oxygen atoms in total. The second-order valence-electron chi connectivity index (χ2n) is 3.47. The lowest BCUT2D eigenvalue weighted by molar-refractivity contribution is 0.908. The summed E-state index contributed by atoms with van der Waals surface area (Å²) in [5.74, 6) is 0. The molecule has 2 aromatic rings. The Labute approximate surface area is 103 Å². The molecule has 0 aliphatic rings. The number of aromatic nitrogens is 1. The molecule has 0 bridgehead atoms. The predicted octanol–water partition coefficient (Wildman–Crippen LogP) is 3.55. The van der Waals surface area contributed by atoms with Crippen molar-refractivity contribution in [1.29, 1.82) is 0 Å². The van der Waals surface area contributed by atoms with Gasteiger partial charge in [0.1, 0.15) is 0 Å². The van der Waals surface area contributed by atoms with Crippen LogP contribution >= 0.6 is 22.9 Å². The number of nitrogen functional groups attached to an aromatic ring is 1. The van der Waals surface area contributed by atoms with Crippen molar-refractivity contribution < 1.29 is 0 Å². The minimum Gasteiger partial charge on any atom is -0.396 e. The Morgan fingerprint density at radius 3 is 2.88 bits per heavy atom. The molecule has 0 aliphatic heterocycles. The molecular weight excluding hydrogens is 242 g/mol. The number of nitrogens with zero attached hydrogens (tertiary/aromatic N) is 1. The van der Waals surface area contributed by atoms with Gasteiger partial charge in [-0.05, 0) is 25.1 Å². The van der Waals surface area contributed by atoms with Crippen LogP contribution in [0, 0.1) is 0 Å². The molecule has 0 spiro atoms. The Bertz CT molecular complexity index is 484. The zero-order valence-corrected chi connectivity index (χ0v) is 10.3. The summed E-state index contributed by atoms with van der Waals surface area (Å²) in [5, 5.41) is 3.33. The van der Waals surface area contributed by atoms with E-state index in [4.69, 9.17) is 17.3 Å². The zero-order chi connectivity index (χ0) is 11.5. The monoisotopic (exact) mass is 253 g/mol. The highest BCUT2D eigenvalue weighted by atomic mass is 35.5. The van der Waals surface area contributed by atoms with Gasteiger partial charge in [-0.3, -0.25) is 4.98 Å². The van der Waals surface area contributed by atoms with Crippen LogP contribution < -0.4 is 11.1 Å². The number of nitrogens with one attached hydrogen (secondary N) is 1. The van der Waals surface area contributed by atoms with Crippen molar-refractivity contribution in [1.82, 2.24) is 4.98 Å². The van der Waals surface area contributed by atoms with Crippen molar-refractivity contribution in [2.75, 3.05) is 11.1 Å². The van der Waals surface area contributed by atoms with E-state index in [2.05, 4.69) is 17.2 Å². The Morgan fingerprint density at radius 1 is 1.44 bits per heavy atom. The number of hydrogen-bond acceptors (Lipinski definition) is 4. The summed E-state index contributed by atoms with van der Waals surface area (Å²) in [5.41, 5.74) is 7.35. The molecule has 0 aliphatic carbocycles. The van der Waals surface area contributed by atoms with Crippen LogP contribution in [0.2, 0.25) is 4.34 Å². The van der Waals surface area contributed by atoms with Crippen LogP contribution in [0.1, 0.15) is 17.8 Å². The standard InChI is InChI=1S/C11H12ClN3S/c1-7(10-2-3-11(12)16-10)15-9-4-5-14-6-8(9)13/h2-7H,13H2,1H3,(H,14,15). The fourth-order valence-corrected chi connectivity index (χ4v) is 2.47. The second kappa shape index (κ2) is 4.72. The molecule has 0 amide bonds. The van der Waals surface area contributed by atoms with Gasteiger partial charge in [-0.15, -0.1) is 11.3 Å². The summed E-state index contributed by atoms with van der Waals surface area (Å²) in [6.07, 6.45) is 3.35. The Balaban J connectivity index is 2.13. The molecule has 3 N–H and O–H groups in total. The largest absolute Gasteiger partial charge is 0.396 e. The normalized spacial score (nSPS) is 12.4. The summed E-state index contributed by atoms with van der Waals surface area (Å²) in [4.78, 5) is 5.13. The molecule has 1 unspecified atom stereocenters. The molecule has 1 atom stereocenters. The Kier molecular flexibility index (Phi) is 3.31. The average Bonchev–Trinajstić information content (AvgIpc) is 2.68. The van der Waals surface area contributed by atoms with Crippen LogP contribution in [0.3, 0.4) is 0 Å². The van der Waals surface area contributed by atoms with Crippen LogP contribution in [-0.4, -0.2) is 4.98 Å². The maximum Gasteiger partial charge on any atom is 0.0932 e. The molecule has 2 heterocycles. The van der Waals surface area contributed by atoms with Crippen LogP contribution in [0.15, 0.2) is 30.6 Å². The van der Waals surface area contributed by atoms with Crippen LogP contribution in [-0.2, 0) is 0 Å². The van der Waals surface area contributed by atoms with Gasteiger partial charge in [0.05, 0.1) is 27.9 Å². The van der Waals surface area contributed by atoms with Gasteiger partial charge < -0.3 is 11.1 Å². The van der Waals surface area contributed by atoms with Crippen LogP contribution in [0.5, 0.6) is 0 Å². The lowest BCUT2D eigenvalue weighted by Gasteiger charge is -2.14. The smallest absolute Gasteiger partial charge is 0.0932 e. The molecule has 2 rings (SSSR count). The van der Waals surface area contributed by atoms with E-state index < -0.39 is 0 Å². The summed E-state index contributed by atoms with van der Waals surface area (Å²) in [7, 11) is 0. The highest BCUT2D eigenvalue weighted by molar-refractivity contribution is 7.16. The molecule has 84 valence electrons. The van der Waals surface area contributed by atoms with E-state index >= 15 is 0 Å². The number of thiophene rings is 1. The quantitative estimate of drug-likeness (QED) is 0.880. The lowest BCUT2D eigenvalue weighted by Crippen LogP contribution is -2.06. The van der Waals surface area contributed by atoms with Gasteiger partial charge in [-0.2, -0.15) is 0 Å². The van der Waals surface area contributed by atoms with Crippen molar-refractivity contribution >= 4 is 34.3 Å². The highest BCUT2D eigenvalue weighted by Crippen LogP contribution is 2.30. The third kappa shape index (κ3) is 2.46. The fourth-order valence-electron chi connectivity index (χ4n) is 1.40. The SMILES string of the molecule is CC(Nc1ccncc1N)c1ccc(Cl)s1. The molecule has 0 saturated carbocycles. The number of anilines is 2. The summed E-state index contributed by atoms with van der Waals surface area (Å²) in [6, 6.07) is 5.96. The van der Waals surface area contributed by atoms with E-state index in [1.54, 1.807) is 23.7 Å². The molecule has 0 aromatic carbocycles. The number of pyridine rings is 1. The molecule has 0 fully saturated rings. The maximum atomic E-state index is 5.89. The molecular formula is C11H12ClN3S. The summed E-state index contributed by atoms with van der Waals surface area (Å²) >= 11 is 7.46. The first-order valence-corrected chi connectivity index (χ1v) is 6.07. The zero-order valence-electron chi connectivity index (χ0n) is 8.77. The van der Waals surface area contributed by atoms with E-state index in [9.17, 15) is 0 Å². The average molecular weight is 254 g/mol. The molecule has 2 aromatic heterocycles. The van der Waals surface area contributed by atoms with Crippen LogP contribution in [0.25, 0.3) is 0 Å². The van der Waals surface area contributed by atoms with Gasteiger partial charge in [0.25, 0.3) is 0 Å². The van der Waals surface area contributed by atoms with Crippen molar-refractivity contribution in [3.05, 3.63) is 39.8 Å². The fraction of sp³-hybridized carbons (Fsp3) is 0.182. The first kappa shape index (κ1) is 11.2. The van der Waals surface area contributed by atoms with Crippen molar-refractivity contribution in [3.8, 4) is 0 Å². The number of hydrogen-bond donors (Lipinski definition) is 2. The Hall–Kier alpha value is -1.26. The van der Waals surface area contributed by atoms with Crippen molar-refractivity contribution in [2.45, 2.75) is 13.0 Å². The van der Waals surface area contributed by atoms with Gasteiger partial charge in [0.15, 0.2) is 0 Å². The third-order valence-electron chi connectivity index (χ3n) is 2.24. The molecule has 16 heavy (non-hydrogen) atoms. The van der Waals surface area contributed by atoms with E-state index in [-0.39, 0.29) is 6.04 Å². The summed E-state index contributed by atoms with van der Waals surface area (Å²) in [6.45, 7) is 2.07. The first-order chi connectivity index (χ1) is 7.66. The first-order valence-electron chi connectivity index (χ1n) is 4.88. The number of halogens is 1. The van der Waals surface area contributed by atoms with E-state index in [0.29, 0.717) is 5.69 Å². The maximum absolute atomic E-state index is 5.89. The number of nitrogens with two attached hydrogens (primary N) is 1. The Morgan fingerprint density at radius 2 is 2.25 bits per heavy atom. The predicted molar refractivity (Wildman–Crippen MR) is 70.0 cm³/mol. The molecule has 0 radical (unpaired) electrons. The van der Waals surface area contributed by atoms with Gasteiger partial charge in [0.2, 0.25) is 0 Å². The van der Waals surface area contributed by atoms with Crippen LogP contribution in [0.4, 0.5) is 11.4 Å². The lowest BCUT2D eigenvalue weighted by atomic mass is 10.2. The third-order valence-corrected chi connectivity index (χ3v) is 3.66. The minimum absolute atomic E-state index is 0.183. The molecule has 5 heteroatoms. The molecule has 0 saturated heterocycles. The van der Waals surface area contributed by atoms with Gasteiger partial charge in [-0.1, -0.05) is 11.6 Å². The number of rotatable bonds is 3. The van der Waals surface area contributed by atoms with E-state index in [0.717, 1.165) is 10.0 Å². The summed E-state index contributed by atoms with van der Waals surface area (Å²) < 4.78 is 0.798. The van der Waals surface area contributed by atoms with Gasteiger partial charge >= 0.3 is 0 Å². The van der Waals surface area contributed by atoms with Gasteiger partial charge in [0, 0.05) is 11.1 Å². The second-order valence-corrected chi connectivity index (χ2v) is 5.22. The highest BCUT2D eigenvalue weighted by Gasteiger charge is 2.09. The minimum atomic E-state index is 0.183.